The summed E-state index contributed by atoms with van der Waals surface area (Å²) in [6, 6.07) is 7.41. The van der Waals surface area contributed by atoms with Crippen LogP contribution in [0, 0.1) is 0 Å². The highest BCUT2D eigenvalue weighted by atomic mass is 79.9. The fraction of sp³-hybridized carbons (Fsp3) is 0.333. The molecule has 0 unspecified atom stereocenters. The fourth-order valence-corrected chi connectivity index (χ4v) is 1.98. The zero-order chi connectivity index (χ0) is 13.1. The molecule has 0 radical (unpaired) electrons. The van der Waals surface area contributed by atoms with Crippen LogP contribution in [0.4, 0.5) is 10.5 Å². The highest BCUT2D eigenvalue weighted by molar-refractivity contribution is 9.10. The number of halogens is 1. The monoisotopic (exact) mass is 312 g/mol. The van der Waals surface area contributed by atoms with E-state index in [-0.39, 0.29) is 18.1 Å². The van der Waals surface area contributed by atoms with E-state index < -0.39 is 0 Å². The molecular weight excluding hydrogens is 300 g/mol. The topological polar surface area (TPSA) is 58.6 Å². The number of hydrogen-bond acceptors (Lipinski definition) is 3. The van der Waals surface area contributed by atoms with Crippen LogP contribution in [0.15, 0.2) is 28.7 Å². The highest BCUT2D eigenvalue weighted by Gasteiger charge is 2.32. The van der Waals surface area contributed by atoms with Gasteiger partial charge in [0.05, 0.1) is 13.1 Å². The van der Waals surface area contributed by atoms with Crippen molar-refractivity contribution < 1.29 is 14.3 Å². The summed E-state index contributed by atoms with van der Waals surface area (Å²) in [5, 5.41) is 2.64. The molecule has 96 valence electrons. The molecule has 1 aliphatic heterocycles. The molecule has 0 bridgehead atoms. The van der Waals surface area contributed by atoms with Crippen LogP contribution in [0.5, 0.6) is 0 Å². The Kier molecular flexibility index (Phi) is 3.86. The number of amides is 2. The second-order valence-electron chi connectivity index (χ2n) is 4.03. The third kappa shape index (κ3) is 3.01. The van der Waals surface area contributed by atoms with Crippen molar-refractivity contribution in [3.8, 4) is 0 Å². The molecule has 1 aliphatic rings. The van der Waals surface area contributed by atoms with E-state index in [9.17, 15) is 9.59 Å². The van der Waals surface area contributed by atoms with Crippen molar-refractivity contribution >= 4 is 33.6 Å². The van der Waals surface area contributed by atoms with E-state index in [0.29, 0.717) is 13.1 Å². The van der Waals surface area contributed by atoms with Crippen molar-refractivity contribution in [2.45, 2.75) is 13.0 Å². The maximum absolute atomic E-state index is 11.7. The third-order valence-corrected chi connectivity index (χ3v) is 3.12. The first kappa shape index (κ1) is 12.9. The van der Waals surface area contributed by atoms with E-state index in [4.69, 9.17) is 4.74 Å². The average molecular weight is 313 g/mol. The molecule has 1 saturated heterocycles. The third-order valence-electron chi connectivity index (χ3n) is 2.59. The quantitative estimate of drug-likeness (QED) is 0.927. The lowest BCUT2D eigenvalue weighted by atomic mass is 10.2. The van der Waals surface area contributed by atoms with Gasteiger partial charge in [-0.15, -0.1) is 0 Å². The Morgan fingerprint density at radius 3 is 2.78 bits per heavy atom. The van der Waals surface area contributed by atoms with Gasteiger partial charge in [0.2, 0.25) is 5.91 Å². The van der Waals surface area contributed by atoms with Gasteiger partial charge in [-0.2, -0.15) is 0 Å². The van der Waals surface area contributed by atoms with Crippen LogP contribution >= 0.6 is 15.9 Å². The summed E-state index contributed by atoms with van der Waals surface area (Å²) < 4.78 is 6.12. The number of carbonyl (C=O) groups excluding carboxylic acids is 2. The minimum Gasteiger partial charge on any atom is -0.442 e. The minimum absolute atomic E-state index is 0.131. The molecule has 0 saturated carbocycles. The Hall–Kier alpha value is -1.56. The molecule has 0 aliphatic carbocycles. The van der Waals surface area contributed by atoms with E-state index >= 15 is 0 Å². The van der Waals surface area contributed by atoms with Crippen molar-refractivity contribution in [3.63, 3.8) is 0 Å². The number of anilines is 1. The Morgan fingerprint density at radius 2 is 2.17 bits per heavy atom. The molecular formula is C12H13BrN2O3. The average Bonchev–Trinajstić information content (AvgIpc) is 2.69. The summed E-state index contributed by atoms with van der Waals surface area (Å²) in [5.41, 5.74) is 0.786. The zero-order valence-electron chi connectivity index (χ0n) is 9.85. The summed E-state index contributed by atoms with van der Waals surface area (Å²) in [4.78, 5) is 24.0. The largest absolute Gasteiger partial charge is 0.442 e. The van der Waals surface area contributed by atoms with Crippen LogP contribution in [0.3, 0.4) is 0 Å². The van der Waals surface area contributed by atoms with Gasteiger partial charge < -0.3 is 10.1 Å². The molecule has 1 heterocycles. The Balaban J connectivity index is 2.00. The molecule has 6 heteroatoms. The van der Waals surface area contributed by atoms with Gasteiger partial charge in [-0.05, 0) is 24.3 Å². The molecule has 18 heavy (non-hydrogen) atoms. The summed E-state index contributed by atoms with van der Waals surface area (Å²) >= 11 is 3.34. The molecule has 0 aromatic heterocycles. The predicted molar refractivity (Wildman–Crippen MR) is 70.4 cm³/mol. The van der Waals surface area contributed by atoms with E-state index in [1.807, 2.05) is 24.3 Å². The van der Waals surface area contributed by atoms with Crippen molar-refractivity contribution in [2.75, 3.05) is 18.0 Å². The lowest BCUT2D eigenvalue weighted by molar-refractivity contribution is -0.119. The minimum atomic E-state index is -0.382. The molecule has 2 rings (SSSR count). The van der Waals surface area contributed by atoms with Gasteiger partial charge in [-0.3, -0.25) is 9.69 Å². The SMILES string of the molecule is CC(=O)NC[C@H]1CN(c2ccc(Br)cc2)C(=O)O1. The number of benzene rings is 1. The van der Waals surface area contributed by atoms with Gasteiger partial charge in [-0.25, -0.2) is 4.79 Å². The van der Waals surface area contributed by atoms with Gasteiger partial charge in [0.25, 0.3) is 0 Å². The number of rotatable bonds is 3. The molecule has 5 nitrogen and oxygen atoms in total. The maximum atomic E-state index is 11.7. The van der Waals surface area contributed by atoms with Gasteiger partial charge in [0, 0.05) is 17.1 Å². The predicted octanol–water partition coefficient (Wildman–Crippen LogP) is 1.91. The molecule has 1 fully saturated rings. The number of nitrogens with zero attached hydrogens (tertiary/aromatic N) is 1. The molecule has 0 spiro atoms. The lowest BCUT2D eigenvalue weighted by Gasteiger charge is -2.12. The number of hydrogen-bond donors (Lipinski definition) is 1. The lowest BCUT2D eigenvalue weighted by Crippen LogP contribution is -2.33. The van der Waals surface area contributed by atoms with Crippen molar-refractivity contribution in [2.24, 2.45) is 0 Å². The van der Waals surface area contributed by atoms with Crippen LogP contribution in [-0.2, 0) is 9.53 Å². The molecule has 1 aromatic rings. The Labute approximate surface area is 113 Å². The summed E-state index contributed by atoms with van der Waals surface area (Å²) in [7, 11) is 0. The first-order valence-electron chi connectivity index (χ1n) is 5.54. The molecule has 1 N–H and O–H groups in total. The maximum Gasteiger partial charge on any atom is 0.414 e. The summed E-state index contributed by atoms with van der Waals surface area (Å²) in [6.07, 6.45) is -0.683. The highest BCUT2D eigenvalue weighted by Crippen LogP contribution is 2.23. The standard InChI is InChI=1S/C12H13BrN2O3/c1-8(16)14-6-11-7-15(12(17)18-11)10-4-2-9(13)3-5-10/h2-5,11H,6-7H2,1H3,(H,14,16)/t11-/m0/s1. The van der Waals surface area contributed by atoms with Crippen LogP contribution < -0.4 is 10.2 Å². The van der Waals surface area contributed by atoms with Crippen molar-refractivity contribution in [1.29, 1.82) is 0 Å². The van der Waals surface area contributed by atoms with E-state index in [1.165, 1.54) is 6.92 Å². The van der Waals surface area contributed by atoms with Crippen molar-refractivity contribution in [3.05, 3.63) is 28.7 Å². The molecule has 1 aromatic carbocycles. The Morgan fingerprint density at radius 1 is 1.50 bits per heavy atom. The number of carbonyl (C=O) groups is 2. The number of nitrogens with one attached hydrogen (secondary N) is 1. The van der Waals surface area contributed by atoms with Crippen LogP contribution in [0.1, 0.15) is 6.92 Å². The van der Waals surface area contributed by atoms with E-state index in [0.717, 1.165) is 10.2 Å². The summed E-state index contributed by atoms with van der Waals surface area (Å²) in [5.74, 6) is -0.131. The van der Waals surface area contributed by atoms with Crippen molar-refractivity contribution in [1.82, 2.24) is 5.32 Å². The first-order valence-corrected chi connectivity index (χ1v) is 6.33. The van der Waals surface area contributed by atoms with Gasteiger partial charge in [0.15, 0.2) is 0 Å². The summed E-state index contributed by atoms with van der Waals surface area (Å²) in [6.45, 7) is 2.22. The fourth-order valence-electron chi connectivity index (χ4n) is 1.72. The van der Waals surface area contributed by atoms with Gasteiger partial charge >= 0.3 is 6.09 Å². The second-order valence-corrected chi connectivity index (χ2v) is 4.95. The number of cyclic esters (lactones) is 1. The van der Waals surface area contributed by atoms with Gasteiger partial charge in [0.1, 0.15) is 6.10 Å². The second kappa shape index (κ2) is 5.39. The molecule has 2 amide bonds. The number of ether oxygens (including phenoxy) is 1. The van der Waals surface area contributed by atoms with Gasteiger partial charge in [-0.1, -0.05) is 15.9 Å². The normalized spacial score (nSPS) is 18.7. The van der Waals surface area contributed by atoms with Crippen LogP contribution in [-0.4, -0.2) is 31.2 Å². The Bertz CT molecular complexity index is 461. The van der Waals surface area contributed by atoms with Crippen LogP contribution in [0.25, 0.3) is 0 Å². The zero-order valence-corrected chi connectivity index (χ0v) is 11.4. The first-order chi connectivity index (χ1) is 8.56. The van der Waals surface area contributed by atoms with E-state index in [2.05, 4.69) is 21.2 Å². The van der Waals surface area contributed by atoms with Crippen LogP contribution in [0.2, 0.25) is 0 Å². The van der Waals surface area contributed by atoms with E-state index in [1.54, 1.807) is 4.90 Å². The smallest absolute Gasteiger partial charge is 0.414 e. The molecule has 1 atom stereocenters.